The first-order chi connectivity index (χ1) is 4.29. The average molecular weight is 129 g/mol. The molecule has 0 aromatic carbocycles. The number of nitrogens with one attached hydrogen (secondary N) is 1. The lowest BCUT2D eigenvalue weighted by atomic mass is 10.2. The fourth-order valence-corrected chi connectivity index (χ4v) is 1.56. The fourth-order valence-electron chi connectivity index (χ4n) is 1.56. The smallest absolute Gasteiger partial charge is 0.00694 e. The SMILES string of the molecule is CC(C)NC1CCCC1.[HH]. The number of rotatable bonds is 2. The first-order valence-corrected chi connectivity index (χ1v) is 4.05. The van der Waals surface area contributed by atoms with E-state index in [-0.39, 0.29) is 1.43 Å². The van der Waals surface area contributed by atoms with Gasteiger partial charge in [0, 0.05) is 13.5 Å². The minimum absolute atomic E-state index is 0. The van der Waals surface area contributed by atoms with Crippen molar-refractivity contribution < 1.29 is 1.43 Å². The van der Waals surface area contributed by atoms with Crippen LogP contribution >= 0.6 is 0 Å². The molecule has 1 rings (SSSR count). The fraction of sp³-hybridized carbons (Fsp3) is 1.00. The molecule has 0 radical (unpaired) electrons. The van der Waals surface area contributed by atoms with E-state index in [4.69, 9.17) is 0 Å². The van der Waals surface area contributed by atoms with Crippen LogP contribution in [0.15, 0.2) is 0 Å². The van der Waals surface area contributed by atoms with Gasteiger partial charge in [0.1, 0.15) is 0 Å². The van der Waals surface area contributed by atoms with Crippen molar-refractivity contribution in [1.82, 2.24) is 5.32 Å². The molecule has 1 nitrogen and oxygen atoms in total. The van der Waals surface area contributed by atoms with E-state index in [0.717, 1.165) is 6.04 Å². The quantitative estimate of drug-likeness (QED) is 0.602. The van der Waals surface area contributed by atoms with Crippen LogP contribution in [0.4, 0.5) is 0 Å². The van der Waals surface area contributed by atoms with Crippen molar-refractivity contribution in [3.05, 3.63) is 0 Å². The molecule has 1 aliphatic carbocycles. The molecule has 0 saturated heterocycles. The summed E-state index contributed by atoms with van der Waals surface area (Å²) in [6.07, 6.45) is 5.67. The van der Waals surface area contributed by atoms with Crippen molar-refractivity contribution in [1.29, 1.82) is 0 Å². The molecule has 0 aliphatic heterocycles. The molecule has 0 spiro atoms. The molecule has 0 heterocycles. The topological polar surface area (TPSA) is 12.0 Å². The predicted octanol–water partition coefficient (Wildman–Crippen LogP) is 2.17. The summed E-state index contributed by atoms with van der Waals surface area (Å²) in [7, 11) is 0. The molecule has 0 bridgehead atoms. The third-order valence-corrected chi connectivity index (χ3v) is 1.92. The maximum absolute atomic E-state index is 3.54. The summed E-state index contributed by atoms with van der Waals surface area (Å²) < 4.78 is 0. The molecule has 1 saturated carbocycles. The monoisotopic (exact) mass is 129 g/mol. The van der Waals surface area contributed by atoms with Crippen LogP contribution in [0.1, 0.15) is 41.0 Å². The lowest BCUT2D eigenvalue weighted by Crippen LogP contribution is -2.32. The maximum atomic E-state index is 3.54. The van der Waals surface area contributed by atoms with Crippen LogP contribution in [0.2, 0.25) is 0 Å². The molecular weight excluding hydrogens is 110 g/mol. The number of hydrogen-bond donors (Lipinski definition) is 1. The second kappa shape index (κ2) is 3.21. The summed E-state index contributed by atoms with van der Waals surface area (Å²) in [6, 6.07) is 1.51. The highest BCUT2D eigenvalue weighted by molar-refractivity contribution is 4.74. The van der Waals surface area contributed by atoms with Crippen molar-refractivity contribution in [2.24, 2.45) is 0 Å². The molecule has 1 fully saturated rings. The van der Waals surface area contributed by atoms with Crippen molar-refractivity contribution in [3.63, 3.8) is 0 Å². The molecule has 0 amide bonds. The van der Waals surface area contributed by atoms with E-state index in [2.05, 4.69) is 19.2 Å². The number of hydrogen-bond acceptors (Lipinski definition) is 1. The van der Waals surface area contributed by atoms with Gasteiger partial charge in [-0.1, -0.05) is 26.7 Å². The van der Waals surface area contributed by atoms with Crippen LogP contribution in [0.25, 0.3) is 0 Å². The Morgan fingerprint density at radius 1 is 1.33 bits per heavy atom. The lowest BCUT2D eigenvalue weighted by Gasteiger charge is -2.14. The molecular formula is C8H19N. The lowest BCUT2D eigenvalue weighted by molar-refractivity contribution is 0.471. The molecule has 1 aliphatic rings. The van der Waals surface area contributed by atoms with E-state index in [9.17, 15) is 0 Å². The normalized spacial score (nSPS) is 21.7. The van der Waals surface area contributed by atoms with Crippen molar-refractivity contribution >= 4 is 0 Å². The third kappa shape index (κ3) is 2.35. The molecule has 0 aromatic rings. The largest absolute Gasteiger partial charge is 0.312 e. The molecule has 56 valence electrons. The Morgan fingerprint density at radius 3 is 2.33 bits per heavy atom. The van der Waals surface area contributed by atoms with Crippen LogP contribution in [-0.4, -0.2) is 12.1 Å². The summed E-state index contributed by atoms with van der Waals surface area (Å²) in [5, 5.41) is 3.54. The summed E-state index contributed by atoms with van der Waals surface area (Å²) >= 11 is 0. The predicted molar refractivity (Wildman–Crippen MR) is 42.6 cm³/mol. The minimum atomic E-state index is 0. The Hall–Kier alpha value is -0.0400. The van der Waals surface area contributed by atoms with E-state index in [1.165, 1.54) is 25.7 Å². The Kier molecular flexibility index (Phi) is 2.52. The van der Waals surface area contributed by atoms with Crippen LogP contribution < -0.4 is 5.32 Å². The van der Waals surface area contributed by atoms with Gasteiger partial charge in [-0.05, 0) is 12.8 Å². The van der Waals surface area contributed by atoms with Gasteiger partial charge in [-0.15, -0.1) is 0 Å². The first kappa shape index (κ1) is 7.07. The first-order valence-electron chi connectivity index (χ1n) is 4.05. The van der Waals surface area contributed by atoms with Crippen molar-refractivity contribution in [3.8, 4) is 0 Å². The van der Waals surface area contributed by atoms with Gasteiger partial charge in [0.15, 0.2) is 0 Å². The van der Waals surface area contributed by atoms with Gasteiger partial charge in [-0.3, -0.25) is 0 Å². The highest BCUT2D eigenvalue weighted by Crippen LogP contribution is 2.17. The van der Waals surface area contributed by atoms with Crippen LogP contribution in [0, 0.1) is 0 Å². The van der Waals surface area contributed by atoms with Gasteiger partial charge in [-0.25, -0.2) is 0 Å². The van der Waals surface area contributed by atoms with Gasteiger partial charge in [-0.2, -0.15) is 0 Å². The standard InChI is InChI=1S/C8H17N.H2/c1-7(2)9-8-5-3-4-6-8;/h7-9H,3-6H2,1-2H3;1H. The van der Waals surface area contributed by atoms with Crippen LogP contribution in [0.3, 0.4) is 0 Å². The van der Waals surface area contributed by atoms with E-state index >= 15 is 0 Å². The van der Waals surface area contributed by atoms with E-state index in [0.29, 0.717) is 6.04 Å². The maximum Gasteiger partial charge on any atom is 0.00694 e. The summed E-state index contributed by atoms with van der Waals surface area (Å²) in [5.41, 5.74) is 0. The average Bonchev–Trinajstić information content (AvgIpc) is 2.15. The zero-order valence-corrected chi connectivity index (χ0v) is 6.48. The molecule has 0 atom stereocenters. The van der Waals surface area contributed by atoms with Gasteiger partial charge in [0.2, 0.25) is 0 Å². The van der Waals surface area contributed by atoms with E-state index in [1.54, 1.807) is 0 Å². The zero-order chi connectivity index (χ0) is 6.69. The van der Waals surface area contributed by atoms with E-state index in [1.807, 2.05) is 0 Å². The molecule has 1 N–H and O–H groups in total. The van der Waals surface area contributed by atoms with Crippen molar-refractivity contribution in [2.75, 3.05) is 0 Å². The molecule has 0 aromatic heterocycles. The molecule has 9 heavy (non-hydrogen) atoms. The van der Waals surface area contributed by atoms with Gasteiger partial charge >= 0.3 is 0 Å². The summed E-state index contributed by atoms with van der Waals surface area (Å²) in [4.78, 5) is 0. The Morgan fingerprint density at radius 2 is 1.89 bits per heavy atom. The van der Waals surface area contributed by atoms with Crippen LogP contribution in [0.5, 0.6) is 0 Å². The third-order valence-electron chi connectivity index (χ3n) is 1.92. The van der Waals surface area contributed by atoms with Gasteiger partial charge < -0.3 is 5.32 Å². The minimum Gasteiger partial charge on any atom is -0.312 e. The summed E-state index contributed by atoms with van der Waals surface area (Å²) in [5.74, 6) is 0. The van der Waals surface area contributed by atoms with Gasteiger partial charge in [0.25, 0.3) is 0 Å². The Balaban J connectivity index is 0.000000810. The van der Waals surface area contributed by atoms with Crippen molar-refractivity contribution in [2.45, 2.75) is 51.6 Å². The summed E-state index contributed by atoms with van der Waals surface area (Å²) in [6.45, 7) is 4.44. The second-order valence-corrected chi connectivity index (χ2v) is 3.30. The second-order valence-electron chi connectivity index (χ2n) is 3.30. The van der Waals surface area contributed by atoms with Crippen LogP contribution in [-0.2, 0) is 0 Å². The highest BCUT2D eigenvalue weighted by atomic mass is 14.9. The van der Waals surface area contributed by atoms with Gasteiger partial charge in [0.05, 0.1) is 0 Å². The Bertz CT molecular complexity index is 77.3. The highest BCUT2D eigenvalue weighted by Gasteiger charge is 2.14. The zero-order valence-electron chi connectivity index (χ0n) is 6.48. The molecule has 0 unspecified atom stereocenters. The Labute approximate surface area is 59.3 Å². The molecule has 1 heteroatoms. The van der Waals surface area contributed by atoms with E-state index < -0.39 is 0 Å².